The van der Waals surface area contributed by atoms with Crippen LogP contribution in [0.1, 0.15) is 0 Å². The second-order valence-electron chi connectivity index (χ2n) is 1.98. The lowest BCUT2D eigenvalue weighted by atomic mass is 10.4. The van der Waals surface area contributed by atoms with Crippen molar-refractivity contribution in [3.05, 3.63) is 27.8 Å². The maximum Gasteiger partial charge on any atom is 0.261 e. The highest BCUT2D eigenvalue weighted by Crippen LogP contribution is 2.16. The zero-order chi connectivity index (χ0) is 11.2. The van der Waals surface area contributed by atoms with Crippen LogP contribution in [0.4, 0.5) is 0 Å². The van der Waals surface area contributed by atoms with E-state index in [0.29, 0.717) is 0 Å². The van der Waals surface area contributed by atoms with Crippen molar-refractivity contribution < 1.29 is 13.2 Å². The summed E-state index contributed by atoms with van der Waals surface area (Å²) in [6.45, 7) is 0. The Balaban J connectivity index is 0.000000500. The van der Waals surface area contributed by atoms with Gasteiger partial charge < -0.3 is 0 Å². The van der Waals surface area contributed by atoms with Gasteiger partial charge in [0.15, 0.2) is 0 Å². The van der Waals surface area contributed by atoms with E-state index in [1.165, 1.54) is 12.1 Å². The summed E-state index contributed by atoms with van der Waals surface area (Å²) in [4.78, 5) is 8.72. The topological polar surface area (TPSA) is 51.2 Å². The predicted octanol–water partition coefficient (Wildman–Crippen LogP) is 2.63. The third-order valence-electron chi connectivity index (χ3n) is 1.08. The van der Waals surface area contributed by atoms with Crippen molar-refractivity contribution in [3.8, 4) is 0 Å². The van der Waals surface area contributed by atoms with Crippen LogP contribution in [0.3, 0.4) is 0 Å². The number of rotatable bonds is 1. The molecule has 0 bridgehead atoms. The predicted molar refractivity (Wildman–Crippen MR) is 64.8 cm³/mol. The van der Waals surface area contributed by atoms with Crippen molar-refractivity contribution in [1.29, 1.82) is 0 Å². The molecule has 0 fully saturated rings. The Kier molecular flexibility index (Phi) is 6.67. The van der Waals surface area contributed by atoms with E-state index in [2.05, 4.69) is 11.6 Å². The molecule has 0 aromatic heterocycles. The molecular weight excluding hydrogens is 362 g/mol. The second kappa shape index (κ2) is 6.60. The van der Waals surface area contributed by atoms with Crippen LogP contribution in [-0.2, 0) is 13.8 Å². The van der Waals surface area contributed by atoms with E-state index in [1.54, 1.807) is 12.1 Å². The van der Waals surface area contributed by atoms with Crippen molar-refractivity contribution in [1.82, 2.24) is 0 Å². The normalized spacial score (nSPS) is 9.93. The first-order chi connectivity index (χ1) is 6.41. The van der Waals surface area contributed by atoms with Gasteiger partial charge in [0.2, 0.25) is 5.75 Å². The number of halogens is 3. The van der Waals surface area contributed by atoms with Crippen LogP contribution in [0.25, 0.3) is 0 Å². The molecule has 0 heterocycles. The smallest absolute Gasteiger partial charge is 0.261 e. The van der Waals surface area contributed by atoms with Crippen LogP contribution in [0, 0.1) is 3.57 Å². The molecule has 14 heavy (non-hydrogen) atoms. The summed E-state index contributed by atoms with van der Waals surface area (Å²) in [5.41, 5.74) is 0. The molecule has 0 spiro atoms. The average Bonchev–Trinajstić information content (AvgIpc) is 2.04. The SMILES string of the molecule is O=CCl.O=S(=O)(Cl)c1cccc(I)c1. The fourth-order valence-corrected chi connectivity index (χ4v) is 2.17. The zero-order valence-electron chi connectivity index (χ0n) is 6.65. The Labute approximate surface area is 105 Å². The molecule has 1 aromatic carbocycles. The van der Waals surface area contributed by atoms with Crippen molar-refractivity contribution in [2.45, 2.75) is 4.90 Å². The highest BCUT2D eigenvalue weighted by atomic mass is 127. The van der Waals surface area contributed by atoms with Crippen molar-refractivity contribution in [2.75, 3.05) is 0 Å². The van der Waals surface area contributed by atoms with Gasteiger partial charge in [-0.15, -0.1) is 0 Å². The van der Waals surface area contributed by atoms with E-state index in [1.807, 2.05) is 22.6 Å². The summed E-state index contributed by atoms with van der Waals surface area (Å²) in [5.74, 6) is 0.222. The second-order valence-corrected chi connectivity index (χ2v) is 5.97. The Morgan fingerprint density at radius 2 is 1.86 bits per heavy atom. The summed E-state index contributed by atoms with van der Waals surface area (Å²) < 4.78 is 22.3. The Hall–Kier alpha value is 0.150. The van der Waals surface area contributed by atoms with Crippen molar-refractivity contribution in [3.63, 3.8) is 0 Å². The van der Waals surface area contributed by atoms with Gasteiger partial charge in [0.25, 0.3) is 9.05 Å². The summed E-state index contributed by atoms with van der Waals surface area (Å²) in [6.07, 6.45) is 0. The minimum absolute atomic E-state index is 0.145. The third-order valence-corrected chi connectivity index (χ3v) is 3.10. The van der Waals surface area contributed by atoms with Crippen LogP contribution in [0.2, 0.25) is 0 Å². The molecule has 1 aromatic rings. The Bertz CT molecular complexity index is 405. The summed E-state index contributed by atoms with van der Waals surface area (Å²) >= 11 is 6.34. The van der Waals surface area contributed by atoms with Gasteiger partial charge >= 0.3 is 0 Å². The Morgan fingerprint density at radius 3 is 2.14 bits per heavy atom. The maximum absolute atomic E-state index is 10.7. The van der Waals surface area contributed by atoms with E-state index < -0.39 is 9.05 Å². The Morgan fingerprint density at radius 1 is 1.36 bits per heavy atom. The van der Waals surface area contributed by atoms with E-state index in [4.69, 9.17) is 15.5 Å². The quantitative estimate of drug-likeness (QED) is 0.436. The van der Waals surface area contributed by atoms with Crippen molar-refractivity contribution in [2.24, 2.45) is 0 Å². The van der Waals surface area contributed by atoms with E-state index in [-0.39, 0.29) is 10.6 Å². The minimum atomic E-state index is -3.56. The van der Waals surface area contributed by atoms with E-state index in [9.17, 15) is 8.42 Å². The highest BCUT2D eigenvalue weighted by molar-refractivity contribution is 14.1. The van der Waals surface area contributed by atoms with Gasteiger partial charge in [-0.25, -0.2) is 8.42 Å². The number of hydrogen-bond donors (Lipinski definition) is 0. The van der Waals surface area contributed by atoms with Gasteiger partial charge in [-0.3, -0.25) is 4.79 Å². The number of hydrogen-bond acceptors (Lipinski definition) is 3. The molecule has 0 unspecified atom stereocenters. The minimum Gasteiger partial charge on any atom is -0.285 e. The molecule has 1 rings (SSSR count). The van der Waals surface area contributed by atoms with Gasteiger partial charge in [-0.05, 0) is 52.4 Å². The molecule has 3 nitrogen and oxygen atoms in total. The molecular formula is C7H5Cl2IO3S. The van der Waals surface area contributed by atoms with Gasteiger partial charge in [0.1, 0.15) is 0 Å². The number of benzene rings is 1. The lowest BCUT2D eigenvalue weighted by Gasteiger charge is -1.94. The number of carbonyl (C=O) groups is 1. The molecule has 0 aliphatic rings. The van der Waals surface area contributed by atoms with Crippen LogP contribution in [0.15, 0.2) is 29.2 Å². The first-order valence-electron chi connectivity index (χ1n) is 3.16. The summed E-state index contributed by atoms with van der Waals surface area (Å²) in [7, 11) is 1.54. The van der Waals surface area contributed by atoms with Crippen LogP contribution < -0.4 is 0 Å². The van der Waals surface area contributed by atoms with Crippen molar-refractivity contribution >= 4 is 59.7 Å². The van der Waals surface area contributed by atoms with Gasteiger partial charge in [0.05, 0.1) is 4.90 Å². The summed E-state index contributed by atoms with van der Waals surface area (Å²) in [5, 5.41) is 0. The van der Waals surface area contributed by atoms with Gasteiger partial charge in [-0.2, -0.15) is 0 Å². The fourth-order valence-electron chi connectivity index (χ4n) is 0.619. The fraction of sp³-hybridized carbons (Fsp3) is 0. The first kappa shape index (κ1) is 14.2. The molecule has 0 radical (unpaired) electrons. The lowest BCUT2D eigenvalue weighted by Crippen LogP contribution is -1.89. The summed E-state index contributed by atoms with van der Waals surface area (Å²) in [6, 6.07) is 6.43. The van der Waals surface area contributed by atoms with Gasteiger partial charge in [-0.1, -0.05) is 6.07 Å². The van der Waals surface area contributed by atoms with Gasteiger partial charge in [0, 0.05) is 14.3 Å². The van der Waals surface area contributed by atoms with Crippen LogP contribution in [-0.4, -0.2) is 14.2 Å². The third kappa shape index (κ3) is 5.79. The monoisotopic (exact) mass is 366 g/mol. The van der Waals surface area contributed by atoms with Crippen LogP contribution >= 0.6 is 44.9 Å². The molecule has 0 amide bonds. The lowest BCUT2D eigenvalue weighted by molar-refractivity contribution is 0.569. The molecule has 0 atom stereocenters. The molecule has 0 aliphatic heterocycles. The van der Waals surface area contributed by atoms with Crippen LogP contribution in [0.5, 0.6) is 0 Å². The standard InChI is InChI=1S/C6H4ClIO2S.CHClO/c7-11(9,10)6-3-1-2-5(8)4-6;2-1-3/h1-4H;1H. The van der Waals surface area contributed by atoms with E-state index in [0.717, 1.165) is 3.57 Å². The molecule has 7 heteroatoms. The molecule has 78 valence electrons. The average molecular weight is 367 g/mol. The zero-order valence-corrected chi connectivity index (χ0v) is 11.1. The molecule has 0 aliphatic carbocycles. The molecule has 0 N–H and O–H groups in total. The molecule has 0 saturated heterocycles. The number of carbonyl (C=O) groups excluding carboxylic acids is 1. The maximum atomic E-state index is 10.7. The highest BCUT2D eigenvalue weighted by Gasteiger charge is 2.08. The molecule has 0 saturated carbocycles. The first-order valence-corrected chi connectivity index (χ1v) is 6.98. The van der Waals surface area contributed by atoms with E-state index >= 15 is 0 Å². The largest absolute Gasteiger partial charge is 0.285 e.